The maximum Gasteiger partial charge on any atom is 0.132 e. The van der Waals surface area contributed by atoms with Crippen LogP contribution in [0.5, 0.6) is 0 Å². The number of benzene rings is 2. The minimum Gasteiger partial charge on any atom is -0.206 e. The molecule has 3 saturated carbocycles. The Morgan fingerprint density at radius 3 is 2.48 bits per heavy atom. The molecule has 132 valence electrons. The Morgan fingerprint density at radius 2 is 1.88 bits per heavy atom. The highest BCUT2D eigenvalue weighted by Gasteiger charge is 2.52. The number of aryl methyl sites for hydroxylation is 1. The van der Waals surface area contributed by atoms with E-state index in [9.17, 15) is 4.39 Å². The molecule has 2 bridgehead atoms. The summed E-state index contributed by atoms with van der Waals surface area (Å²) in [4.78, 5) is 0. The van der Waals surface area contributed by atoms with E-state index >= 15 is 0 Å². The van der Waals surface area contributed by atoms with Gasteiger partial charge in [-0.05, 0) is 83.7 Å². The van der Waals surface area contributed by atoms with Gasteiger partial charge in [-0.15, -0.1) is 0 Å². The van der Waals surface area contributed by atoms with Crippen LogP contribution in [0.4, 0.5) is 4.39 Å². The summed E-state index contributed by atoms with van der Waals surface area (Å²) in [5.74, 6) is 0.242. The van der Waals surface area contributed by atoms with Gasteiger partial charge in [0.05, 0.1) is 0 Å². The van der Waals surface area contributed by atoms with E-state index in [0.29, 0.717) is 22.4 Å². The molecule has 0 spiro atoms. The molecule has 3 fully saturated rings. The molecule has 2 aromatic carbocycles. The lowest BCUT2D eigenvalue weighted by Gasteiger charge is -2.59. The number of halogens is 2. The Kier molecular flexibility index (Phi) is 3.62. The average Bonchev–Trinajstić information content (AvgIpc) is 2.60. The fourth-order valence-corrected chi connectivity index (χ4v) is 4.70. The summed E-state index contributed by atoms with van der Waals surface area (Å²) in [5, 5.41) is 0.383. The zero-order chi connectivity index (χ0) is 19.5. The summed E-state index contributed by atoms with van der Waals surface area (Å²) in [5.41, 5.74) is 3.64. The van der Waals surface area contributed by atoms with Gasteiger partial charge in [0.15, 0.2) is 0 Å². The average molecular weight is 359 g/mol. The predicted molar refractivity (Wildman–Crippen MR) is 104 cm³/mol. The molecule has 0 nitrogen and oxygen atoms in total. The van der Waals surface area contributed by atoms with E-state index < -0.39 is 0 Å². The summed E-state index contributed by atoms with van der Waals surface area (Å²) in [6.45, 7) is 6.53. The van der Waals surface area contributed by atoms with Crippen molar-refractivity contribution >= 4 is 11.6 Å². The normalized spacial score (nSPS) is 34.0. The van der Waals surface area contributed by atoms with E-state index in [4.69, 9.17) is 14.3 Å². The fraction of sp³-hybridized carbons (Fsp3) is 0.478. The molecule has 0 radical (unpaired) electrons. The van der Waals surface area contributed by atoms with Crippen LogP contribution in [0.3, 0.4) is 0 Å². The van der Waals surface area contributed by atoms with Crippen molar-refractivity contribution in [2.75, 3.05) is 0 Å². The van der Waals surface area contributed by atoms with Crippen molar-refractivity contribution in [3.8, 4) is 11.1 Å². The van der Waals surface area contributed by atoms with Crippen molar-refractivity contribution in [1.82, 2.24) is 0 Å². The van der Waals surface area contributed by atoms with Crippen molar-refractivity contribution in [3.63, 3.8) is 0 Å². The second kappa shape index (κ2) is 6.13. The molecule has 0 saturated heterocycles. The fourth-order valence-electron chi connectivity index (χ4n) is 4.54. The highest BCUT2D eigenvalue weighted by molar-refractivity contribution is 6.30. The molecule has 25 heavy (non-hydrogen) atoms. The van der Waals surface area contributed by atoms with E-state index in [1.54, 1.807) is 12.1 Å². The quantitative estimate of drug-likeness (QED) is 0.542. The van der Waals surface area contributed by atoms with Crippen LogP contribution in [0.15, 0.2) is 36.4 Å². The largest absolute Gasteiger partial charge is 0.206 e. The Labute approximate surface area is 158 Å². The summed E-state index contributed by atoms with van der Waals surface area (Å²) in [6, 6.07) is 10.8. The van der Waals surface area contributed by atoms with E-state index in [-0.39, 0.29) is 29.9 Å². The van der Waals surface area contributed by atoms with Gasteiger partial charge in [-0.3, -0.25) is 0 Å². The molecule has 0 aromatic heterocycles. The van der Waals surface area contributed by atoms with Crippen molar-refractivity contribution in [3.05, 3.63) is 58.4 Å². The van der Waals surface area contributed by atoms with Gasteiger partial charge < -0.3 is 0 Å². The molecule has 2 aromatic rings. The van der Waals surface area contributed by atoms with Crippen molar-refractivity contribution in [1.29, 1.82) is 0 Å². The first-order valence-electron chi connectivity index (χ1n) is 10.3. The first-order chi connectivity index (χ1) is 12.8. The minimum atomic E-state index is -0.338. The topological polar surface area (TPSA) is 0 Å². The third kappa shape index (κ3) is 2.81. The van der Waals surface area contributed by atoms with Crippen LogP contribution in [0.25, 0.3) is 11.1 Å². The third-order valence-corrected chi connectivity index (χ3v) is 6.66. The highest BCUT2D eigenvalue weighted by atomic mass is 35.5. The summed E-state index contributed by atoms with van der Waals surface area (Å²) in [6.07, 6.45) is 1.30. The van der Waals surface area contributed by atoms with E-state index in [1.165, 1.54) is 11.6 Å². The van der Waals surface area contributed by atoms with Crippen LogP contribution < -0.4 is 0 Å². The molecule has 5 rings (SSSR count). The van der Waals surface area contributed by atoms with Gasteiger partial charge in [0.2, 0.25) is 0 Å². The molecule has 4 atom stereocenters. The van der Waals surface area contributed by atoms with Gasteiger partial charge in [0.1, 0.15) is 5.82 Å². The first kappa shape index (κ1) is 14.8. The molecule has 2 heteroatoms. The van der Waals surface area contributed by atoms with Crippen molar-refractivity contribution in [2.45, 2.75) is 52.3 Å². The predicted octanol–water partition coefficient (Wildman–Crippen LogP) is 7.25. The molecule has 0 heterocycles. The molecule has 3 aliphatic rings. The molecule has 0 N–H and O–H groups in total. The zero-order valence-corrected chi connectivity index (χ0v) is 15.8. The lowest BCUT2D eigenvalue weighted by atomic mass is 9.46. The van der Waals surface area contributed by atoms with Gasteiger partial charge in [0.25, 0.3) is 0 Å². The smallest absolute Gasteiger partial charge is 0.132 e. The van der Waals surface area contributed by atoms with Crippen LogP contribution in [0.2, 0.25) is 5.02 Å². The molecular formula is C23H26ClF. The van der Waals surface area contributed by atoms with Crippen LogP contribution in [0.1, 0.15) is 59.8 Å². The zero-order valence-electron chi connectivity index (χ0n) is 17.0. The highest BCUT2D eigenvalue weighted by Crippen LogP contribution is 2.62. The van der Waals surface area contributed by atoms with Crippen LogP contribution in [0, 0.1) is 23.1 Å². The summed E-state index contributed by atoms with van der Waals surface area (Å²) in [7, 11) is 0. The number of rotatable bonds is 3. The maximum absolute atomic E-state index is 14.5. The molecule has 3 aliphatic carbocycles. The van der Waals surface area contributed by atoms with Crippen LogP contribution >= 0.6 is 11.6 Å². The van der Waals surface area contributed by atoms with Crippen LogP contribution in [-0.4, -0.2) is 0 Å². The number of hydrogen-bond acceptors (Lipinski definition) is 0. The Morgan fingerprint density at radius 1 is 1.16 bits per heavy atom. The van der Waals surface area contributed by atoms with E-state index in [2.05, 4.69) is 20.8 Å². The van der Waals surface area contributed by atoms with Gasteiger partial charge in [0, 0.05) is 13.3 Å². The Balaban J connectivity index is 1.79. The molecule has 0 aliphatic heterocycles. The second-order valence-electron chi connectivity index (χ2n) is 8.07. The van der Waals surface area contributed by atoms with E-state index in [1.807, 2.05) is 18.2 Å². The standard InChI is InChI=1S/C23H26ClF/c1-4-14-5-6-15(20-8-7-19(24)13-22(20)25)11-21(14)16-9-17-12-18(10-16)23(17,2)3/h5-8,11,13,16-18H,4,9-10,12H2,1-3H3/i9D,10D. The molecular weight excluding hydrogens is 331 g/mol. The van der Waals surface area contributed by atoms with Crippen molar-refractivity contribution in [2.24, 2.45) is 17.3 Å². The molecule has 4 unspecified atom stereocenters. The van der Waals surface area contributed by atoms with Gasteiger partial charge in [-0.1, -0.05) is 50.6 Å². The van der Waals surface area contributed by atoms with Gasteiger partial charge in [-0.2, -0.15) is 0 Å². The lowest BCUT2D eigenvalue weighted by molar-refractivity contribution is -0.0745. The van der Waals surface area contributed by atoms with Crippen molar-refractivity contribution < 1.29 is 7.13 Å². The first-order valence-corrected chi connectivity index (χ1v) is 9.56. The maximum atomic E-state index is 14.5. The molecule has 0 amide bonds. The Bertz CT molecular complexity index is 861. The number of fused-ring (bicyclic) bond motifs is 2. The number of hydrogen-bond donors (Lipinski definition) is 0. The van der Waals surface area contributed by atoms with Gasteiger partial charge >= 0.3 is 0 Å². The summed E-state index contributed by atoms with van der Waals surface area (Å²) >= 11 is 5.90. The van der Waals surface area contributed by atoms with E-state index in [0.717, 1.165) is 24.0 Å². The SMILES string of the molecule is [2H]C1C(c2cc(-c3ccc(Cl)cc3F)ccc2CC)C([2H])C2CC1C2(C)C. The monoisotopic (exact) mass is 358 g/mol. The lowest BCUT2D eigenvalue weighted by Crippen LogP contribution is -2.50. The van der Waals surface area contributed by atoms with Crippen LogP contribution in [-0.2, 0) is 6.42 Å². The second-order valence-corrected chi connectivity index (χ2v) is 8.51. The van der Waals surface area contributed by atoms with Gasteiger partial charge in [-0.25, -0.2) is 4.39 Å². The Hall–Kier alpha value is -1.34. The third-order valence-electron chi connectivity index (χ3n) is 6.43. The minimum absolute atomic E-state index is 0.0849. The summed E-state index contributed by atoms with van der Waals surface area (Å²) < 4.78 is 32.3.